The van der Waals surface area contributed by atoms with Crippen molar-refractivity contribution in [2.24, 2.45) is 0 Å². The van der Waals surface area contributed by atoms with Crippen molar-refractivity contribution in [3.8, 4) is 23.2 Å². The van der Waals surface area contributed by atoms with Gasteiger partial charge in [0.2, 0.25) is 17.7 Å². The fraction of sp³-hybridized carbons (Fsp3) is 0.261. The van der Waals surface area contributed by atoms with Crippen molar-refractivity contribution in [3.63, 3.8) is 0 Å². The van der Waals surface area contributed by atoms with Gasteiger partial charge in [-0.3, -0.25) is 9.78 Å². The molecule has 2 N–H and O–H groups in total. The molecule has 0 aliphatic carbocycles. The number of nitrogens with zero attached hydrogens (tertiary/aromatic N) is 2. The highest BCUT2D eigenvalue weighted by atomic mass is 32.1. The SMILES string of the molecule is CC(C)c1oc(-c2ccccc2)nc1CCOc1ccc(Cc2sc(=O)[nH]c2O)cn1. The van der Waals surface area contributed by atoms with Crippen molar-refractivity contribution in [2.75, 3.05) is 6.61 Å². The Bertz CT molecular complexity index is 1190. The third kappa shape index (κ3) is 5.03. The molecule has 0 fully saturated rings. The van der Waals surface area contributed by atoms with Gasteiger partial charge < -0.3 is 14.3 Å². The molecule has 31 heavy (non-hydrogen) atoms. The van der Waals surface area contributed by atoms with Crippen LogP contribution in [-0.4, -0.2) is 26.7 Å². The van der Waals surface area contributed by atoms with E-state index in [1.165, 1.54) is 0 Å². The molecule has 0 aliphatic rings. The molecule has 0 amide bonds. The zero-order valence-corrected chi connectivity index (χ0v) is 18.1. The Morgan fingerprint density at radius 1 is 1.19 bits per heavy atom. The number of ether oxygens (including phenoxy) is 1. The summed E-state index contributed by atoms with van der Waals surface area (Å²) in [5.41, 5.74) is 2.72. The van der Waals surface area contributed by atoms with Crippen LogP contribution in [0.25, 0.3) is 11.5 Å². The highest BCUT2D eigenvalue weighted by Crippen LogP contribution is 2.27. The Balaban J connectivity index is 1.38. The first kappa shape index (κ1) is 20.9. The van der Waals surface area contributed by atoms with Crippen molar-refractivity contribution in [1.29, 1.82) is 0 Å². The number of aromatic amines is 1. The number of pyridine rings is 1. The largest absolute Gasteiger partial charge is 0.494 e. The lowest BCUT2D eigenvalue weighted by Crippen LogP contribution is -2.05. The summed E-state index contributed by atoms with van der Waals surface area (Å²) in [5, 5.41) is 9.70. The second-order valence-electron chi connectivity index (χ2n) is 7.42. The summed E-state index contributed by atoms with van der Waals surface area (Å²) >= 11 is 0.993. The van der Waals surface area contributed by atoms with Crippen LogP contribution in [0.2, 0.25) is 0 Å². The van der Waals surface area contributed by atoms with Gasteiger partial charge >= 0.3 is 4.87 Å². The minimum atomic E-state index is -0.274. The molecule has 0 radical (unpaired) electrons. The fourth-order valence-electron chi connectivity index (χ4n) is 3.21. The number of hydrogen-bond acceptors (Lipinski definition) is 7. The zero-order chi connectivity index (χ0) is 21.8. The third-order valence-electron chi connectivity index (χ3n) is 4.72. The molecule has 4 aromatic rings. The number of aromatic hydroxyl groups is 1. The van der Waals surface area contributed by atoms with Crippen molar-refractivity contribution in [2.45, 2.75) is 32.6 Å². The van der Waals surface area contributed by atoms with Crippen LogP contribution in [0, 0.1) is 0 Å². The number of oxazole rings is 1. The van der Waals surface area contributed by atoms with Crippen LogP contribution in [-0.2, 0) is 12.8 Å². The molecule has 160 valence electrons. The van der Waals surface area contributed by atoms with Crippen molar-refractivity contribution in [1.82, 2.24) is 15.0 Å². The lowest BCUT2D eigenvalue weighted by Gasteiger charge is -2.07. The van der Waals surface area contributed by atoms with E-state index in [0.29, 0.717) is 36.1 Å². The Morgan fingerprint density at radius 3 is 2.65 bits per heavy atom. The summed E-state index contributed by atoms with van der Waals surface area (Å²) in [6, 6.07) is 13.5. The van der Waals surface area contributed by atoms with Crippen LogP contribution in [0.15, 0.2) is 57.9 Å². The highest BCUT2D eigenvalue weighted by Gasteiger charge is 2.17. The molecule has 3 aromatic heterocycles. The second-order valence-corrected chi connectivity index (χ2v) is 8.48. The van der Waals surface area contributed by atoms with Crippen LogP contribution in [0.1, 0.15) is 41.7 Å². The summed E-state index contributed by atoms with van der Waals surface area (Å²) in [7, 11) is 0. The molecule has 8 heteroatoms. The van der Waals surface area contributed by atoms with Crippen LogP contribution in [0.3, 0.4) is 0 Å². The molecule has 0 saturated heterocycles. The van der Waals surface area contributed by atoms with Gasteiger partial charge in [0.15, 0.2) is 0 Å². The molecule has 0 spiro atoms. The van der Waals surface area contributed by atoms with Gasteiger partial charge in [0.05, 0.1) is 17.2 Å². The number of aromatic nitrogens is 3. The highest BCUT2D eigenvalue weighted by molar-refractivity contribution is 7.09. The van der Waals surface area contributed by atoms with Gasteiger partial charge in [-0.15, -0.1) is 0 Å². The van der Waals surface area contributed by atoms with Crippen molar-refractivity contribution < 1.29 is 14.3 Å². The lowest BCUT2D eigenvalue weighted by molar-refractivity contribution is 0.307. The first-order valence-corrected chi connectivity index (χ1v) is 10.8. The summed E-state index contributed by atoms with van der Waals surface area (Å²) in [6.07, 6.45) is 2.72. The normalized spacial score (nSPS) is 11.2. The van der Waals surface area contributed by atoms with E-state index in [4.69, 9.17) is 9.15 Å². The van der Waals surface area contributed by atoms with Gasteiger partial charge in [0, 0.05) is 36.6 Å². The summed E-state index contributed by atoms with van der Waals surface area (Å²) in [6.45, 7) is 4.59. The maximum absolute atomic E-state index is 11.3. The molecular formula is C23H23N3O4S. The predicted molar refractivity (Wildman–Crippen MR) is 119 cm³/mol. The summed E-state index contributed by atoms with van der Waals surface area (Å²) in [4.78, 5) is 23.0. The number of benzene rings is 1. The third-order valence-corrected chi connectivity index (χ3v) is 5.60. The lowest BCUT2D eigenvalue weighted by atomic mass is 10.1. The number of H-pyrrole nitrogens is 1. The molecule has 3 heterocycles. The Morgan fingerprint density at radius 2 is 2.00 bits per heavy atom. The average Bonchev–Trinajstić information content (AvgIpc) is 3.33. The molecular weight excluding hydrogens is 414 g/mol. The summed E-state index contributed by atoms with van der Waals surface area (Å²) < 4.78 is 11.8. The molecule has 0 aliphatic heterocycles. The fourth-order valence-corrected chi connectivity index (χ4v) is 3.97. The number of hydrogen-bond donors (Lipinski definition) is 2. The standard InChI is InChI=1S/C23H23N3O4S/c1-14(2)20-17(25-22(30-20)16-6-4-3-5-7-16)10-11-29-19-9-8-15(13-24-19)12-18-21(27)26-23(28)31-18/h3-9,13-14,27H,10-12H2,1-2H3,(H,26,28). The van der Waals surface area contributed by atoms with E-state index in [1.54, 1.807) is 12.3 Å². The molecule has 0 unspecified atom stereocenters. The maximum atomic E-state index is 11.3. The molecule has 7 nitrogen and oxygen atoms in total. The van der Waals surface area contributed by atoms with E-state index in [-0.39, 0.29) is 16.7 Å². The van der Waals surface area contributed by atoms with E-state index in [2.05, 4.69) is 28.8 Å². The minimum Gasteiger partial charge on any atom is -0.494 e. The molecule has 1 aromatic carbocycles. The number of thiazole rings is 1. The number of rotatable bonds is 8. The monoisotopic (exact) mass is 437 g/mol. The zero-order valence-electron chi connectivity index (χ0n) is 17.3. The van der Waals surface area contributed by atoms with E-state index >= 15 is 0 Å². The number of nitrogens with one attached hydrogen (secondary N) is 1. The maximum Gasteiger partial charge on any atom is 0.307 e. The quantitative estimate of drug-likeness (QED) is 0.420. The van der Waals surface area contributed by atoms with Crippen molar-refractivity contribution in [3.05, 3.63) is 80.2 Å². The van der Waals surface area contributed by atoms with E-state index in [1.807, 2.05) is 36.4 Å². The Labute approximate surface area is 183 Å². The molecule has 0 bridgehead atoms. The summed E-state index contributed by atoms with van der Waals surface area (Å²) in [5.74, 6) is 2.14. The first-order chi connectivity index (χ1) is 15.0. The molecule has 0 saturated carbocycles. The van der Waals surface area contributed by atoms with E-state index in [9.17, 15) is 9.90 Å². The van der Waals surface area contributed by atoms with Crippen LogP contribution in [0.5, 0.6) is 11.8 Å². The Kier molecular flexibility index (Phi) is 6.18. The van der Waals surface area contributed by atoms with Gasteiger partial charge in [0.25, 0.3) is 0 Å². The minimum absolute atomic E-state index is 0.0845. The van der Waals surface area contributed by atoms with Crippen LogP contribution in [0.4, 0.5) is 0 Å². The molecule has 4 rings (SSSR count). The average molecular weight is 438 g/mol. The van der Waals surface area contributed by atoms with Gasteiger partial charge in [-0.25, -0.2) is 9.97 Å². The van der Waals surface area contributed by atoms with Gasteiger partial charge in [-0.05, 0) is 17.7 Å². The Hall–Kier alpha value is -3.39. The van der Waals surface area contributed by atoms with Gasteiger partial charge in [-0.2, -0.15) is 0 Å². The van der Waals surface area contributed by atoms with Gasteiger partial charge in [0.1, 0.15) is 5.76 Å². The van der Waals surface area contributed by atoms with Gasteiger partial charge in [-0.1, -0.05) is 49.4 Å². The smallest absolute Gasteiger partial charge is 0.307 e. The first-order valence-electron chi connectivity index (χ1n) is 10.0. The molecule has 0 atom stereocenters. The predicted octanol–water partition coefficient (Wildman–Crippen LogP) is 4.53. The van der Waals surface area contributed by atoms with Crippen LogP contribution < -0.4 is 9.61 Å². The van der Waals surface area contributed by atoms with Crippen LogP contribution >= 0.6 is 11.3 Å². The van der Waals surface area contributed by atoms with E-state index in [0.717, 1.165) is 33.9 Å². The van der Waals surface area contributed by atoms with Crippen molar-refractivity contribution >= 4 is 11.3 Å². The topological polar surface area (TPSA) is 101 Å². The second kappa shape index (κ2) is 9.18. The van der Waals surface area contributed by atoms with E-state index < -0.39 is 0 Å².